The Morgan fingerprint density at radius 3 is 1.33 bits per heavy atom. The van der Waals surface area contributed by atoms with Crippen molar-refractivity contribution in [1.82, 2.24) is 5.32 Å². The molecular weight excluding hydrogens is 862 g/mol. The van der Waals surface area contributed by atoms with Gasteiger partial charge in [0.25, 0.3) is 0 Å². The first-order chi connectivity index (χ1) is 31.8. The molecule has 1 aliphatic carbocycles. The first kappa shape index (κ1) is 62.5. The second kappa shape index (κ2) is 41.3. The Kier molecular flexibility index (Phi) is 39.1. The van der Waals surface area contributed by atoms with E-state index in [0.29, 0.717) is 12.8 Å². The van der Waals surface area contributed by atoms with E-state index >= 15 is 0 Å². The van der Waals surface area contributed by atoms with Gasteiger partial charge in [0.15, 0.2) is 0 Å². The highest BCUT2D eigenvalue weighted by Crippen LogP contribution is 2.47. The van der Waals surface area contributed by atoms with Crippen LogP contribution in [0, 0.1) is 0 Å². The highest BCUT2D eigenvalue weighted by Gasteiger charge is 2.51. The Morgan fingerprint density at radius 2 is 0.894 bits per heavy atom. The number of aliphatic hydroxyl groups is 7. The molecule has 14 heteroatoms. The zero-order chi connectivity index (χ0) is 48.7. The largest absolute Gasteiger partial charge is 0.472 e. The minimum Gasteiger partial charge on any atom is -0.393 e. The average Bonchev–Trinajstić information content (AvgIpc) is 3.29. The summed E-state index contributed by atoms with van der Waals surface area (Å²) >= 11 is 0. The molecule has 0 spiro atoms. The molecule has 0 radical (unpaired) electrons. The van der Waals surface area contributed by atoms with Crippen molar-refractivity contribution in [2.45, 2.75) is 281 Å². The van der Waals surface area contributed by atoms with Gasteiger partial charge < -0.3 is 46.0 Å². The number of hydrogen-bond acceptors (Lipinski definition) is 11. The van der Waals surface area contributed by atoms with Gasteiger partial charge in [0.05, 0.1) is 31.3 Å². The van der Waals surface area contributed by atoms with E-state index in [2.05, 4.69) is 43.5 Å². The molecule has 1 amide bonds. The summed E-state index contributed by atoms with van der Waals surface area (Å²) in [5.41, 5.74) is 0. The number of nitrogens with one attached hydrogen (secondary N) is 1. The molecule has 66 heavy (non-hydrogen) atoms. The maximum Gasteiger partial charge on any atom is 0.472 e. The molecule has 1 fully saturated rings. The molecule has 0 bridgehead atoms. The molecule has 8 unspecified atom stereocenters. The highest BCUT2D eigenvalue weighted by molar-refractivity contribution is 7.47. The maximum absolute atomic E-state index is 13.0. The topological polar surface area (TPSA) is 226 Å². The molecule has 0 aromatic carbocycles. The highest BCUT2D eigenvalue weighted by atomic mass is 31.2. The van der Waals surface area contributed by atoms with E-state index in [4.69, 9.17) is 9.05 Å². The van der Waals surface area contributed by atoms with Crippen molar-refractivity contribution in [3.63, 3.8) is 0 Å². The third-order valence-corrected chi connectivity index (χ3v) is 13.7. The molecule has 0 aliphatic heterocycles. The molecule has 388 valence electrons. The maximum atomic E-state index is 13.0. The summed E-state index contributed by atoms with van der Waals surface area (Å²) in [5, 5.41) is 74.7. The molecule has 0 heterocycles. The van der Waals surface area contributed by atoms with Gasteiger partial charge in [-0.1, -0.05) is 198 Å². The predicted octanol–water partition coefficient (Wildman–Crippen LogP) is 10.1. The van der Waals surface area contributed by atoms with Crippen LogP contribution in [0.4, 0.5) is 0 Å². The molecule has 1 aliphatic rings. The van der Waals surface area contributed by atoms with Crippen molar-refractivity contribution < 1.29 is 59.0 Å². The van der Waals surface area contributed by atoms with Crippen molar-refractivity contribution in [2.24, 2.45) is 0 Å². The number of carbonyl (C=O) groups is 1. The summed E-state index contributed by atoms with van der Waals surface area (Å²) in [4.78, 5) is 23.5. The van der Waals surface area contributed by atoms with Crippen LogP contribution in [0.15, 0.2) is 36.5 Å². The van der Waals surface area contributed by atoms with Crippen LogP contribution in [0.1, 0.15) is 226 Å². The van der Waals surface area contributed by atoms with Gasteiger partial charge in [-0.15, -0.1) is 0 Å². The lowest BCUT2D eigenvalue weighted by atomic mass is 9.85. The molecular formula is C52H98NO12P. The summed E-state index contributed by atoms with van der Waals surface area (Å²) < 4.78 is 22.9. The zero-order valence-electron chi connectivity index (χ0n) is 41.4. The van der Waals surface area contributed by atoms with Crippen LogP contribution in [0.25, 0.3) is 0 Å². The van der Waals surface area contributed by atoms with Gasteiger partial charge in [0.2, 0.25) is 5.91 Å². The molecule has 0 saturated heterocycles. The van der Waals surface area contributed by atoms with Gasteiger partial charge in [0.1, 0.15) is 36.6 Å². The van der Waals surface area contributed by atoms with E-state index in [-0.39, 0.29) is 6.42 Å². The number of hydrogen-bond donors (Lipinski definition) is 9. The molecule has 1 rings (SSSR count). The number of phosphoric acid groups is 1. The van der Waals surface area contributed by atoms with Gasteiger partial charge in [0, 0.05) is 0 Å². The van der Waals surface area contributed by atoms with Crippen molar-refractivity contribution in [3.05, 3.63) is 36.5 Å². The normalized spacial score (nSPS) is 22.6. The standard InChI is InChI=1S/C52H98NO12P/c1-3-5-7-9-11-13-15-17-19-21-22-24-25-27-29-31-33-35-37-39-43(54)41-46(56)53-44(42-64-66(62,63)65-52-50(60)48(58)47(57)49(59)51(52)61)45(55)40-38-36-34-32-30-28-26-23-20-18-16-14-12-10-8-6-4-2/h24-25,30,32,38,40,43-45,47-52,54-55,57-61H,3-23,26-29,31,33-37,39,41-42H2,1-2H3,(H,53,56)(H,62,63)/b25-24-,32-30+,40-38+. The molecule has 0 aromatic rings. The predicted molar refractivity (Wildman–Crippen MR) is 266 cm³/mol. The lowest BCUT2D eigenvalue weighted by molar-refractivity contribution is -0.220. The number of allylic oxidation sites excluding steroid dienone is 5. The minimum absolute atomic E-state index is 0.257. The van der Waals surface area contributed by atoms with Gasteiger partial charge in [-0.25, -0.2) is 4.57 Å². The fraction of sp³-hybridized carbons (Fsp3) is 0.865. The van der Waals surface area contributed by atoms with Crippen LogP contribution < -0.4 is 5.32 Å². The van der Waals surface area contributed by atoms with E-state index in [9.17, 15) is 50.0 Å². The van der Waals surface area contributed by atoms with Crippen LogP contribution >= 0.6 is 7.82 Å². The summed E-state index contributed by atoms with van der Waals surface area (Å²) in [5.74, 6) is -0.606. The summed E-state index contributed by atoms with van der Waals surface area (Å²) in [6.07, 6.45) is 35.1. The minimum atomic E-state index is -5.15. The van der Waals surface area contributed by atoms with E-state index in [1.165, 1.54) is 134 Å². The molecule has 9 N–H and O–H groups in total. The van der Waals surface area contributed by atoms with E-state index in [0.717, 1.165) is 64.2 Å². The second-order valence-electron chi connectivity index (χ2n) is 18.9. The van der Waals surface area contributed by atoms with Crippen molar-refractivity contribution in [2.75, 3.05) is 6.61 Å². The first-order valence-electron chi connectivity index (χ1n) is 26.5. The monoisotopic (exact) mass is 960 g/mol. The SMILES string of the molecule is CCCCCCCCCCCC/C=C\CCCCCCCC(O)CC(=O)NC(COP(=O)(O)OC1C(O)C(O)C(O)C(O)C1O)C(O)/C=C/CC/C=C/CCCCCCCCCCCCC. The second-order valence-corrected chi connectivity index (χ2v) is 20.3. The number of unbranched alkanes of at least 4 members (excludes halogenated alkanes) is 27. The quantitative estimate of drug-likeness (QED) is 0.0158. The molecule has 8 atom stereocenters. The lowest BCUT2D eigenvalue weighted by Crippen LogP contribution is -2.64. The molecule has 1 saturated carbocycles. The van der Waals surface area contributed by atoms with E-state index in [1.54, 1.807) is 6.08 Å². The van der Waals surface area contributed by atoms with Crippen LogP contribution in [0.2, 0.25) is 0 Å². The smallest absolute Gasteiger partial charge is 0.393 e. The number of phosphoric ester groups is 1. The van der Waals surface area contributed by atoms with E-state index < -0.39 is 75.2 Å². The fourth-order valence-electron chi connectivity index (χ4n) is 8.37. The summed E-state index contributed by atoms with van der Waals surface area (Å²) in [7, 11) is -5.15. The Labute approximate surface area is 400 Å². The van der Waals surface area contributed by atoms with Crippen LogP contribution in [0.5, 0.6) is 0 Å². The summed E-state index contributed by atoms with van der Waals surface area (Å²) in [6.45, 7) is 3.75. The fourth-order valence-corrected chi connectivity index (χ4v) is 9.34. The Balaban J connectivity index is 2.50. The van der Waals surface area contributed by atoms with Crippen molar-refractivity contribution >= 4 is 13.7 Å². The Hall–Kier alpha value is -1.48. The lowest BCUT2D eigenvalue weighted by Gasteiger charge is -2.41. The number of rotatable bonds is 44. The van der Waals surface area contributed by atoms with Crippen LogP contribution in [-0.4, -0.2) is 108 Å². The third-order valence-electron chi connectivity index (χ3n) is 12.7. The van der Waals surface area contributed by atoms with Crippen molar-refractivity contribution in [1.29, 1.82) is 0 Å². The van der Waals surface area contributed by atoms with Gasteiger partial charge >= 0.3 is 7.82 Å². The number of aliphatic hydroxyl groups excluding tert-OH is 7. The average molecular weight is 960 g/mol. The Bertz CT molecular complexity index is 1270. The molecule has 13 nitrogen and oxygen atoms in total. The van der Waals surface area contributed by atoms with E-state index in [1.807, 2.05) is 0 Å². The third kappa shape index (κ3) is 32.4. The Morgan fingerprint density at radius 1 is 0.530 bits per heavy atom. The van der Waals surface area contributed by atoms with Gasteiger partial charge in [-0.05, 0) is 57.8 Å². The van der Waals surface area contributed by atoms with Gasteiger partial charge in [-0.3, -0.25) is 13.8 Å². The number of amides is 1. The van der Waals surface area contributed by atoms with Crippen molar-refractivity contribution in [3.8, 4) is 0 Å². The van der Waals surface area contributed by atoms with Crippen LogP contribution in [0.3, 0.4) is 0 Å². The summed E-state index contributed by atoms with van der Waals surface area (Å²) in [6, 6.07) is -1.26. The van der Waals surface area contributed by atoms with Gasteiger partial charge in [-0.2, -0.15) is 0 Å². The number of carbonyl (C=O) groups excluding carboxylic acids is 1. The zero-order valence-corrected chi connectivity index (χ0v) is 42.3. The molecule has 0 aromatic heterocycles. The van der Waals surface area contributed by atoms with Crippen LogP contribution in [-0.2, 0) is 18.4 Å². The first-order valence-corrected chi connectivity index (χ1v) is 28.0.